The quantitative estimate of drug-likeness (QED) is 0.691. The van der Waals surface area contributed by atoms with Crippen LogP contribution in [0.2, 0.25) is 0 Å². The molecule has 2 aromatic rings. The van der Waals surface area contributed by atoms with E-state index in [9.17, 15) is 13.2 Å². The minimum absolute atomic E-state index is 0.190. The number of hydrogen-bond acceptors (Lipinski definition) is 5. The first kappa shape index (κ1) is 21.1. The van der Waals surface area contributed by atoms with Crippen LogP contribution in [-0.4, -0.2) is 57.9 Å². The van der Waals surface area contributed by atoms with E-state index in [0.717, 1.165) is 18.4 Å². The number of carbonyl (C=O) groups is 1. The number of ether oxygens (including phenoxy) is 2. The van der Waals surface area contributed by atoms with Crippen molar-refractivity contribution >= 4 is 15.9 Å². The van der Waals surface area contributed by atoms with Gasteiger partial charge < -0.3 is 14.4 Å². The van der Waals surface area contributed by atoms with Crippen LogP contribution in [0.4, 0.5) is 0 Å². The van der Waals surface area contributed by atoms with Crippen molar-refractivity contribution in [2.24, 2.45) is 0 Å². The van der Waals surface area contributed by atoms with Gasteiger partial charge in [0.25, 0.3) is 5.91 Å². The highest BCUT2D eigenvalue weighted by molar-refractivity contribution is 7.89. The molecule has 1 aliphatic heterocycles. The highest BCUT2D eigenvalue weighted by atomic mass is 32.2. The van der Waals surface area contributed by atoms with Gasteiger partial charge in [0.05, 0.1) is 19.1 Å². The minimum atomic E-state index is -3.48. The molecule has 0 bridgehead atoms. The van der Waals surface area contributed by atoms with Crippen molar-refractivity contribution in [1.29, 1.82) is 0 Å². The summed E-state index contributed by atoms with van der Waals surface area (Å²) in [7, 11) is 1.35. The lowest BCUT2D eigenvalue weighted by molar-refractivity contribution is 0.0785. The van der Waals surface area contributed by atoms with Crippen LogP contribution in [0.3, 0.4) is 0 Å². The van der Waals surface area contributed by atoms with E-state index in [0.29, 0.717) is 36.7 Å². The van der Waals surface area contributed by atoms with Crippen LogP contribution >= 0.6 is 0 Å². The van der Waals surface area contributed by atoms with Crippen LogP contribution in [-0.2, 0) is 16.6 Å². The largest absolute Gasteiger partial charge is 0.493 e. The summed E-state index contributed by atoms with van der Waals surface area (Å²) in [5.41, 5.74) is 1.33. The molecule has 1 saturated heterocycles. The molecule has 8 heteroatoms. The molecule has 0 N–H and O–H groups in total. The summed E-state index contributed by atoms with van der Waals surface area (Å²) < 4.78 is 37.2. The van der Waals surface area contributed by atoms with Gasteiger partial charge in [-0.15, -0.1) is 0 Å². The molecule has 0 unspecified atom stereocenters. The van der Waals surface area contributed by atoms with Gasteiger partial charge in [-0.05, 0) is 54.8 Å². The summed E-state index contributed by atoms with van der Waals surface area (Å²) in [5.74, 6) is 1.03. The van der Waals surface area contributed by atoms with Crippen molar-refractivity contribution in [2.45, 2.75) is 24.3 Å². The Morgan fingerprint density at radius 1 is 1.00 bits per heavy atom. The van der Waals surface area contributed by atoms with Crippen LogP contribution in [0.25, 0.3) is 0 Å². The molecule has 0 radical (unpaired) electrons. The van der Waals surface area contributed by atoms with Gasteiger partial charge in [-0.2, -0.15) is 4.31 Å². The normalized spacial score (nSPS) is 14.6. The average molecular weight is 419 g/mol. The number of benzene rings is 2. The highest BCUT2D eigenvalue weighted by Crippen LogP contribution is 2.28. The molecular formula is C21H26N2O5S. The number of nitrogens with zero attached hydrogens (tertiary/aromatic N) is 2. The molecule has 0 spiro atoms. The molecule has 29 heavy (non-hydrogen) atoms. The maximum atomic E-state index is 12.8. The van der Waals surface area contributed by atoms with Crippen molar-refractivity contribution in [3.63, 3.8) is 0 Å². The monoisotopic (exact) mass is 418 g/mol. The van der Waals surface area contributed by atoms with Crippen LogP contribution in [0.15, 0.2) is 47.4 Å². The zero-order chi connectivity index (χ0) is 21.0. The highest BCUT2D eigenvalue weighted by Gasteiger charge is 2.27. The van der Waals surface area contributed by atoms with Gasteiger partial charge in [-0.25, -0.2) is 8.42 Å². The van der Waals surface area contributed by atoms with Gasteiger partial charge in [0.2, 0.25) is 10.0 Å². The first-order valence-corrected chi connectivity index (χ1v) is 10.9. The van der Waals surface area contributed by atoms with Gasteiger partial charge in [-0.3, -0.25) is 4.79 Å². The van der Waals surface area contributed by atoms with E-state index in [2.05, 4.69) is 0 Å². The molecule has 156 valence electrons. The summed E-state index contributed by atoms with van der Waals surface area (Å²) in [4.78, 5) is 14.5. The summed E-state index contributed by atoms with van der Waals surface area (Å²) in [6.45, 7) is 1.49. The van der Waals surface area contributed by atoms with Gasteiger partial charge in [0.1, 0.15) is 0 Å². The van der Waals surface area contributed by atoms with Crippen LogP contribution in [0.5, 0.6) is 11.5 Å². The van der Waals surface area contributed by atoms with E-state index in [1.165, 1.54) is 16.4 Å². The number of rotatable bonds is 7. The van der Waals surface area contributed by atoms with Gasteiger partial charge in [0.15, 0.2) is 11.5 Å². The molecule has 7 nitrogen and oxygen atoms in total. The van der Waals surface area contributed by atoms with E-state index < -0.39 is 10.0 Å². The van der Waals surface area contributed by atoms with E-state index in [1.807, 2.05) is 12.1 Å². The first-order chi connectivity index (χ1) is 13.9. The van der Waals surface area contributed by atoms with Crippen molar-refractivity contribution < 1.29 is 22.7 Å². The lowest BCUT2D eigenvalue weighted by Gasteiger charge is -2.19. The Morgan fingerprint density at radius 3 is 2.21 bits per heavy atom. The summed E-state index contributed by atoms with van der Waals surface area (Å²) in [6, 6.07) is 11.6. The Labute approximate surface area is 171 Å². The number of amides is 1. The smallest absolute Gasteiger partial charge is 0.253 e. The lowest BCUT2D eigenvalue weighted by atomic mass is 10.1. The van der Waals surface area contributed by atoms with E-state index in [-0.39, 0.29) is 10.8 Å². The molecule has 3 rings (SSSR count). The molecule has 1 heterocycles. The Morgan fingerprint density at radius 2 is 1.62 bits per heavy atom. The first-order valence-electron chi connectivity index (χ1n) is 9.43. The number of sulfonamides is 1. The van der Waals surface area contributed by atoms with E-state index in [4.69, 9.17) is 9.47 Å². The Bertz CT molecular complexity index is 967. The van der Waals surface area contributed by atoms with E-state index >= 15 is 0 Å². The summed E-state index contributed by atoms with van der Waals surface area (Å²) in [6.07, 6.45) is 1.77. The van der Waals surface area contributed by atoms with Gasteiger partial charge in [-0.1, -0.05) is 6.07 Å². The summed E-state index contributed by atoms with van der Waals surface area (Å²) in [5, 5.41) is 0. The Kier molecular flexibility index (Phi) is 6.44. The second kappa shape index (κ2) is 8.84. The lowest BCUT2D eigenvalue weighted by Crippen LogP contribution is -2.28. The SMILES string of the molecule is COc1ccc(CN(C)C(=O)c2ccc(S(=O)(=O)N3CCCC3)cc2)cc1OC. The van der Waals surface area contributed by atoms with Crippen molar-refractivity contribution in [2.75, 3.05) is 34.4 Å². The standard InChI is InChI=1S/C21H26N2O5S/c1-22(15-16-6-11-19(27-2)20(14-16)28-3)21(24)17-7-9-18(10-8-17)29(25,26)23-12-4-5-13-23/h6-11,14H,4-5,12-13,15H2,1-3H3. The maximum Gasteiger partial charge on any atom is 0.253 e. The van der Waals surface area contributed by atoms with E-state index in [1.54, 1.807) is 44.4 Å². The zero-order valence-electron chi connectivity index (χ0n) is 16.9. The third kappa shape index (κ3) is 4.54. The predicted molar refractivity (Wildman–Crippen MR) is 110 cm³/mol. The fourth-order valence-electron chi connectivity index (χ4n) is 3.39. The van der Waals surface area contributed by atoms with Crippen LogP contribution in [0, 0.1) is 0 Å². The number of carbonyl (C=O) groups excluding carboxylic acids is 1. The number of hydrogen-bond donors (Lipinski definition) is 0. The van der Waals surface area contributed by atoms with Gasteiger partial charge >= 0.3 is 0 Å². The Hall–Kier alpha value is -2.58. The summed E-state index contributed by atoms with van der Waals surface area (Å²) >= 11 is 0. The molecule has 0 aromatic heterocycles. The molecule has 0 aliphatic carbocycles. The maximum absolute atomic E-state index is 12.8. The van der Waals surface area contributed by atoms with Crippen molar-refractivity contribution in [3.05, 3.63) is 53.6 Å². The molecule has 1 fully saturated rings. The molecule has 2 aromatic carbocycles. The fourth-order valence-corrected chi connectivity index (χ4v) is 4.91. The minimum Gasteiger partial charge on any atom is -0.493 e. The number of methoxy groups -OCH3 is 2. The van der Waals surface area contributed by atoms with Crippen molar-refractivity contribution in [3.8, 4) is 11.5 Å². The predicted octanol–water partition coefficient (Wildman–Crippen LogP) is 2.76. The van der Waals surface area contributed by atoms with Crippen LogP contribution < -0.4 is 9.47 Å². The second-order valence-electron chi connectivity index (χ2n) is 6.99. The fraction of sp³-hybridized carbons (Fsp3) is 0.381. The molecule has 1 amide bonds. The zero-order valence-corrected chi connectivity index (χ0v) is 17.7. The molecule has 0 saturated carbocycles. The Balaban J connectivity index is 1.71. The molecule has 1 aliphatic rings. The van der Waals surface area contributed by atoms with Gasteiger partial charge in [0, 0.05) is 32.2 Å². The average Bonchev–Trinajstić information content (AvgIpc) is 3.29. The molecular weight excluding hydrogens is 392 g/mol. The third-order valence-electron chi connectivity index (χ3n) is 5.02. The topological polar surface area (TPSA) is 76.2 Å². The second-order valence-corrected chi connectivity index (χ2v) is 8.92. The third-order valence-corrected chi connectivity index (χ3v) is 6.93. The van der Waals surface area contributed by atoms with Crippen LogP contribution in [0.1, 0.15) is 28.8 Å². The van der Waals surface area contributed by atoms with Crippen molar-refractivity contribution in [1.82, 2.24) is 9.21 Å². The molecule has 0 atom stereocenters.